The molecular weight excluding hydrogens is 326 g/mol. The third-order valence-corrected chi connectivity index (χ3v) is 5.11. The molecule has 3 aromatic rings. The maximum Gasteiger partial charge on any atom is 0.257 e. The van der Waals surface area contributed by atoms with Crippen LogP contribution >= 0.6 is 0 Å². The number of nitrogens with zero attached hydrogens (tertiary/aromatic N) is 4. The lowest BCUT2D eigenvalue weighted by molar-refractivity contribution is 0.0704. The molecule has 1 saturated heterocycles. The lowest BCUT2D eigenvalue weighted by Gasteiger charge is -2.32. The van der Waals surface area contributed by atoms with Gasteiger partial charge >= 0.3 is 0 Å². The highest BCUT2D eigenvalue weighted by Gasteiger charge is 2.29. The third kappa shape index (κ3) is 3.03. The predicted molar refractivity (Wildman–Crippen MR) is 99.8 cm³/mol. The summed E-state index contributed by atoms with van der Waals surface area (Å²) in [5.41, 5.74) is 3.57. The van der Waals surface area contributed by atoms with E-state index in [-0.39, 0.29) is 11.8 Å². The van der Waals surface area contributed by atoms with Crippen LogP contribution in [0.3, 0.4) is 0 Å². The van der Waals surface area contributed by atoms with Crippen LogP contribution in [0.5, 0.6) is 0 Å². The molecule has 4 rings (SSSR count). The van der Waals surface area contributed by atoms with Crippen molar-refractivity contribution >= 4 is 5.91 Å². The van der Waals surface area contributed by atoms with E-state index in [9.17, 15) is 4.79 Å². The first-order chi connectivity index (χ1) is 12.6. The summed E-state index contributed by atoms with van der Waals surface area (Å²) in [5, 5.41) is 7.14. The normalized spacial score (nSPS) is 17.5. The summed E-state index contributed by atoms with van der Waals surface area (Å²) in [6, 6.07) is 8.11. The molecule has 2 aromatic heterocycles. The zero-order valence-corrected chi connectivity index (χ0v) is 15.1. The molecule has 1 N–H and O–H groups in total. The van der Waals surface area contributed by atoms with Crippen molar-refractivity contribution in [2.45, 2.75) is 25.7 Å². The van der Waals surface area contributed by atoms with Gasteiger partial charge in [-0.1, -0.05) is 23.8 Å². The highest BCUT2D eigenvalue weighted by molar-refractivity contribution is 5.99. The van der Waals surface area contributed by atoms with Crippen molar-refractivity contribution in [3.8, 4) is 11.3 Å². The van der Waals surface area contributed by atoms with Gasteiger partial charge in [0, 0.05) is 44.0 Å². The van der Waals surface area contributed by atoms with Gasteiger partial charge in [-0.2, -0.15) is 5.10 Å². The number of carbonyl (C=O) groups excluding carboxylic acids is 1. The summed E-state index contributed by atoms with van der Waals surface area (Å²) < 4.78 is 2.05. The summed E-state index contributed by atoms with van der Waals surface area (Å²) in [4.78, 5) is 19.6. The van der Waals surface area contributed by atoms with E-state index < -0.39 is 0 Å². The van der Waals surface area contributed by atoms with Crippen molar-refractivity contribution in [1.82, 2.24) is 24.6 Å². The number of aromatic nitrogens is 4. The third-order valence-electron chi connectivity index (χ3n) is 5.11. The van der Waals surface area contributed by atoms with Crippen LogP contribution in [0.4, 0.5) is 0 Å². The van der Waals surface area contributed by atoms with Gasteiger partial charge in [0.2, 0.25) is 0 Å². The summed E-state index contributed by atoms with van der Waals surface area (Å²) in [5.74, 6) is 1.37. The first-order valence-electron chi connectivity index (χ1n) is 9.00. The van der Waals surface area contributed by atoms with Gasteiger partial charge in [-0.3, -0.25) is 9.89 Å². The predicted octanol–water partition coefficient (Wildman–Crippen LogP) is 3.14. The maximum absolute atomic E-state index is 13.2. The number of hydrogen-bond donors (Lipinski definition) is 1. The number of rotatable bonds is 3. The minimum atomic E-state index is 0.0363. The number of aromatic amines is 1. The minimum Gasteiger partial charge on any atom is -0.338 e. The molecule has 0 unspecified atom stereocenters. The van der Waals surface area contributed by atoms with E-state index in [1.54, 1.807) is 6.20 Å². The lowest BCUT2D eigenvalue weighted by Crippen LogP contribution is -2.39. The molecule has 0 aliphatic carbocycles. The molecule has 1 amide bonds. The first-order valence-corrected chi connectivity index (χ1v) is 9.00. The van der Waals surface area contributed by atoms with Crippen molar-refractivity contribution < 1.29 is 4.79 Å². The van der Waals surface area contributed by atoms with Gasteiger partial charge in [0.05, 0.1) is 17.5 Å². The van der Waals surface area contributed by atoms with Crippen LogP contribution in [0, 0.1) is 6.92 Å². The number of piperidine rings is 1. The van der Waals surface area contributed by atoms with E-state index in [2.05, 4.69) is 25.8 Å². The van der Waals surface area contributed by atoms with Crippen LogP contribution in [-0.4, -0.2) is 43.6 Å². The fraction of sp³-hybridized carbons (Fsp3) is 0.350. The Bertz CT molecular complexity index is 926. The molecule has 3 heterocycles. The second-order valence-corrected chi connectivity index (χ2v) is 7.01. The fourth-order valence-corrected chi connectivity index (χ4v) is 3.78. The molecule has 1 aromatic carbocycles. The Labute approximate surface area is 152 Å². The molecule has 0 saturated carbocycles. The SMILES string of the molecule is Cc1cccc(-c2[nH]ncc2C(=O)N2CCC[C@H](c3nccn3C)C2)c1. The molecule has 1 aliphatic heterocycles. The maximum atomic E-state index is 13.2. The summed E-state index contributed by atoms with van der Waals surface area (Å²) in [7, 11) is 2.01. The Morgan fingerprint density at radius 1 is 1.35 bits per heavy atom. The van der Waals surface area contributed by atoms with Crippen molar-refractivity contribution in [2.75, 3.05) is 13.1 Å². The van der Waals surface area contributed by atoms with Crippen molar-refractivity contribution in [2.24, 2.45) is 7.05 Å². The van der Waals surface area contributed by atoms with Gasteiger partial charge in [0.25, 0.3) is 5.91 Å². The number of likely N-dealkylation sites (tertiary alicyclic amines) is 1. The number of carbonyl (C=O) groups is 1. The average molecular weight is 349 g/mol. The molecule has 6 heteroatoms. The zero-order chi connectivity index (χ0) is 18.1. The molecule has 0 radical (unpaired) electrons. The van der Waals surface area contributed by atoms with Gasteiger partial charge in [0.1, 0.15) is 5.82 Å². The van der Waals surface area contributed by atoms with E-state index in [4.69, 9.17) is 0 Å². The first kappa shape index (κ1) is 16.6. The summed E-state index contributed by atoms with van der Waals surface area (Å²) in [6.45, 7) is 3.52. The van der Waals surface area contributed by atoms with E-state index in [0.717, 1.165) is 42.0 Å². The van der Waals surface area contributed by atoms with E-state index in [0.29, 0.717) is 12.1 Å². The number of benzene rings is 1. The number of hydrogen-bond acceptors (Lipinski definition) is 3. The average Bonchev–Trinajstić information content (AvgIpc) is 3.30. The molecule has 26 heavy (non-hydrogen) atoms. The van der Waals surface area contributed by atoms with E-state index in [1.807, 2.05) is 49.5 Å². The summed E-state index contributed by atoms with van der Waals surface area (Å²) >= 11 is 0. The van der Waals surface area contributed by atoms with Crippen molar-refractivity contribution in [1.29, 1.82) is 0 Å². The topological polar surface area (TPSA) is 66.8 Å². The van der Waals surface area contributed by atoms with Crippen LogP contribution in [0.15, 0.2) is 42.9 Å². The Kier molecular flexibility index (Phi) is 4.32. The van der Waals surface area contributed by atoms with Gasteiger partial charge in [-0.25, -0.2) is 4.98 Å². The van der Waals surface area contributed by atoms with Crippen LogP contribution in [-0.2, 0) is 7.05 Å². The van der Waals surface area contributed by atoms with E-state index in [1.165, 1.54) is 0 Å². The number of imidazole rings is 1. The van der Waals surface area contributed by atoms with Crippen LogP contribution in [0.25, 0.3) is 11.3 Å². The molecule has 1 aliphatic rings. The monoisotopic (exact) mass is 349 g/mol. The summed E-state index contributed by atoms with van der Waals surface area (Å²) in [6.07, 6.45) is 7.47. The fourth-order valence-electron chi connectivity index (χ4n) is 3.78. The van der Waals surface area contributed by atoms with Crippen molar-refractivity contribution in [3.05, 3.63) is 59.8 Å². The van der Waals surface area contributed by atoms with E-state index >= 15 is 0 Å². The molecule has 0 bridgehead atoms. The Morgan fingerprint density at radius 2 is 2.23 bits per heavy atom. The second-order valence-electron chi connectivity index (χ2n) is 7.01. The minimum absolute atomic E-state index is 0.0363. The quantitative estimate of drug-likeness (QED) is 0.790. The largest absolute Gasteiger partial charge is 0.338 e. The number of aryl methyl sites for hydroxylation is 2. The van der Waals surface area contributed by atoms with Gasteiger partial charge < -0.3 is 9.47 Å². The highest BCUT2D eigenvalue weighted by Crippen LogP contribution is 2.28. The van der Waals surface area contributed by atoms with Gasteiger partial charge in [-0.05, 0) is 25.8 Å². The number of nitrogens with one attached hydrogen (secondary N) is 1. The van der Waals surface area contributed by atoms with Crippen LogP contribution in [0.2, 0.25) is 0 Å². The smallest absolute Gasteiger partial charge is 0.257 e. The van der Waals surface area contributed by atoms with Crippen LogP contribution in [0.1, 0.15) is 40.5 Å². The molecular formula is C20H23N5O. The number of amides is 1. The Hall–Kier alpha value is -2.89. The molecule has 1 atom stereocenters. The standard InChI is InChI=1S/C20H23N5O/c1-14-5-3-6-15(11-14)18-17(12-22-23-18)20(26)25-9-4-7-16(13-25)19-21-8-10-24(19)2/h3,5-6,8,10-12,16H,4,7,9,13H2,1-2H3,(H,22,23)/t16-/m0/s1. The van der Waals surface area contributed by atoms with Gasteiger partial charge in [0.15, 0.2) is 0 Å². The lowest BCUT2D eigenvalue weighted by atomic mass is 9.96. The van der Waals surface area contributed by atoms with Gasteiger partial charge in [-0.15, -0.1) is 0 Å². The molecule has 6 nitrogen and oxygen atoms in total. The molecule has 0 spiro atoms. The molecule has 1 fully saturated rings. The Balaban J connectivity index is 1.59. The van der Waals surface area contributed by atoms with Crippen LogP contribution < -0.4 is 0 Å². The Morgan fingerprint density at radius 3 is 3.00 bits per heavy atom. The second kappa shape index (κ2) is 6.78. The van der Waals surface area contributed by atoms with Crippen molar-refractivity contribution in [3.63, 3.8) is 0 Å². The zero-order valence-electron chi connectivity index (χ0n) is 15.1. The highest BCUT2D eigenvalue weighted by atomic mass is 16.2. The number of H-pyrrole nitrogens is 1. The molecule has 134 valence electrons.